The number of aromatic nitrogens is 2. The Kier molecular flexibility index (Phi) is 6.76. The molecule has 1 amide bonds. The van der Waals surface area contributed by atoms with E-state index >= 15 is 0 Å². The molecular weight excluding hydrogens is 418 g/mol. The second-order valence-electron chi connectivity index (χ2n) is 9.22. The molecule has 3 heterocycles. The maximum absolute atomic E-state index is 13.1. The Balaban J connectivity index is 1.99. The molecule has 0 bridgehead atoms. The van der Waals surface area contributed by atoms with E-state index in [2.05, 4.69) is 45.4 Å². The molecule has 4 atom stereocenters. The maximum atomic E-state index is 13.1. The molecule has 2 aromatic rings. The summed E-state index contributed by atoms with van der Waals surface area (Å²) < 4.78 is 13.7. The summed E-state index contributed by atoms with van der Waals surface area (Å²) in [6, 6.07) is -0.430. The third-order valence-electron chi connectivity index (χ3n) is 5.61. The van der Waals surface area contributed by atoms with Gasteiger partial charge in [0.2, 0.25) is 0 Å². The summed E-state index contributed by atoms with van der Waals surface area (Å²) in [4.78, 5) is 20.8. The van der Waals surface area contributed by atoms with Crippen LogP contribution in [0.1, 0.15) is 44.0 Å². The molecule has 3 rings (SSSR count). The third kappa shape index (κ3) is 4.49. The first-order valence-corrected chi connectivity index (χ1v) is 14.0. The topological polar surface area (TPSA) is 76.3 Å². The van der Waals surface area contributed by atoms with Crippen LogP contribution in [-0.2, 0) is 9.16 Å². The van der Waals surface area contributed by atoms with E-state index < -0.39 is 33.5 Å². The number of thiazole rings is 1. The van der Waals surface area contributed by atoms with Crippen LogP contribution in [-0.4, -0.2) is 53.4 Å². The highest BCUT2D eigenvalue weighted by molar-refractivity contribution is 7.17. The number of carbonyl (C=O) groups is 1. The van der Waals surface area contributed by atoms with Crippen molar-refractivity contribution in [2.24, 2.45) is 11.3 Å². The number of likely N-dealkylation sites (tertiary alicyclic amines) is 1. The number of rotatable bonds is 6. The van der Waals surface area contributed by atoms with Crippen LogP contribution in [0.15, 0.2) is 25.0 Å². The zero-order chi connectivity index (χ0) is 22.2. The first kappa shape index (κ1) is 23.0. The summed E-state index contributed by atoms with van der Waals surface area (Å²) >= 11 is 1.49. The fraction of sp³-hybridized carbons (Fsp3) is 0.619. The summed E-state index contributed by atoms with van der Waals surface area (Å²) in [6.07, 6.45) is 4.19. The largest absolute Gasteiger partial charge is 0.445 e. The number of hydrogen-bond donors (Lipinski definition) is 1. The Morgan fingerprint density at radius 2 is 2.20 bits per heavy atom. The third-order valence-corrected chi connectivity index (χ3v) is 7.53. The first-order valence-electron chi connectivity index (χ1n) is 10.4. The van der Waals surface area contributed by atoms with E-state index in [1.165, 1.54) is 11.3 Å². The minimum absolute atomic E-state index is 0.0812. The first-order chi connectivity index (χ1) is 14.0. The highest BCUT2D eigenvalue weighted by Gasteiger charge is 2.52. The lowest BCUT2D eigenvalue weighted by molar-refractivity contribution is -0.0292. The van der Waals surface area contributed by atoms with Gasteiger partial charge in [-0.1, -0.05) is 33.4 Å². The maximum Gasteiger partial charge on any atom is 0.412 e. The van der Waals surface area contributed by atoms with Gasteiger partial charge >= 0.3 is 6.09 Å². The van der Waals surface area contributed by atoms with Crippen molar-refractivity contribution in [1.82, 2.24) is 14.3 Å². The van der Waals surface area contributed by atoms with Crippen molar-refractivity contribution in [1.29, 1.82) is 0 Å². The van der Waals surface area contributed by atoms with Crippen LogP contribution >= 0.6 is 11.3 Å². The number of imidazole rings is 1. The number of aliphatic hydroxyl groups excluding tert-OH is 1. The second-order valence-corrected chi connectivity index (χ2v) is 12.7. The second kappa shape index (κ2) is 8.82. The van der Waals surface area contributed by atoms with Crippen molar-refractivity contribution in [3.63, 3.8) is 0 Å². The molecule has 166 valence electrons. The van der Waals surface area contributed by atoms with Crippen LogP contribution in [0.2, 0.25) is 13.1 Å². The summed E-state index contributed by atoms with van der Waals surface area (Å²) in [5.74, 6) is 0.950. The summed E-state index contributed by atoms with van der Waals surface area (Å²) in [7, 11) is -1.46. The Morgan fingerprint density at radius 1 is 1.50 bits per heavy atom. The molecule has 30 heavy (non-hydrogen) atoms. The van der Waals surface area contributed by atoms with Crippen molar-refractivity contribution in [3.05, 3.63) is 35.8 Å². The molecule has 2 aromatic heterocycles. The fourth-order valence-electron chi connectivity index (χ4n) is 4.08. The molecule has 7 nitrogen and oxygen atoms in total. The number of nitrogens with zero attached hydrogens (tertiary/aromatic N) is 3. The van der Waals surface area contributed by atoms with Crippen LogP contribution in [0.25, 0.3) is 4.83 Å². The average Bonchev–Trinajstić information content (AvgIpc) is 3.32. The van der Waals surface area contributed by atoms with Gasteiger partial charge in [0.1, 0.15) is 29.6 Å². The molecule has 0 radical (unpaired) electrons. The van der Waals surface area contributed by atoms with E-state index in [1.807, 2.05) is 17.5 Å². The van der Waals surface area contributed by atoms with E-state index in [-0.39, 0.29) is 17.9 Å². The molecule has 0 aliphatic carbocycles. The SMILES string of the molecule is C=CCOC(=O)N1C(O[SiH](C)C)[C@@H](C(C)(C)C)C[C@H]1C(O)c1cn2c(C)ncc2s1. The summed E-state index contributed by atoms with van der Waals surface area (Å²) in [6.45, 7) is 16.3. The summed E-state index contributed by atoms with van der Waals surface area (Å²) in [5.41, 5.74) is -0.0949. The Hall–Kier alpha value is -1.68. The number of fused-ring (bicyclic) bond motifs is 1. The molecule has 1 aliphatic rings. The smallest absolute Gasteiger partial charge is 0.412 e. The van der Waals surface area contributed by atoms with E-state index in [4.69, 9.17) is 9.16 Å². The predicted octanol–water partition coefficient (Wildman–Crippen LogP) is 4.12. The fourth-order valence-corrected chi connectivity index (χ4v) is 6.03. The lowest BCUT2D eigenvalue weighted by Crippen LogP contribution is -2.48. The van der Waals surface area contributed by atoms with Crippen molar-refractivity contribution < 1.29 is 19.1 Å². The number of carbonyl (C=O) groups excluding carboxylic acids is 1. The molecule has 0 aromatic carbocycles. The number of hydrogen-bond acceptors (Lipinski definition) is 6. The zero-order valence-electron chi connectivity index (χ0n) is 18.7. The molecule has 0 saturated carbocycles. The van der Waals surface area contributed by atoms with Gasteiger partial charge in [-0.05, 0) is 31.9 Å². The van der Waals surface area contributed by atoms with Crippen molar-refractivity contribution in [3.8, 4) is 0 Å². The lowest BCUT2D eigenvalue weighted by atomic mass is 9.78. The number of ether oxygens (including phenoxy) is 1. The van der Waals surface area contributed by atoms with Crippen LogP contribution in [0.3, 0.4) is 0 Å². The average molecular weight is 452 g/mol. The van der Waals surface area contributed by atoms with Gasteiger partial charge in [-0.25, -0.2) is 9.78 Å². The van der Waals surface area contributed by atoms with Crippen molar-refractivity contribution >= 4 is 31.3 Å². The van der Waals surface area contributed by atoms with E-state index in [9.17, 15) is 9.90 Å². The molecule has 0 spiro atoms. The molecule has 2 unspecified atom stereocenters. The van der Waals surface area contributed by atoms with Gasteiger partial charge < -0.3 is 14.3 Å². The Labute approximate surface area is 184 Å². The molecular formula is C21H33N3O4SSi. The minimum Gasteiger partial charge on any atom is -0.445 e. The van der Waals surface area contributed by atoms with Gasteiger partial charge in [-0.15, -0.1) is 11.3 Å². The minimum atomic E-state index is -1.46. The predicted molar refractivity (Wildman–Crippen MR) is 121 cm³/mol. The van der Waals surface area contributed by atoms with Gasteiger partial charge in [0, 0.05) is 12.1 Å². The standard InChI is InChI=1S/C21H33N3O4SSi/c1-8-9-27-20(26)24-15(10-14(21(3,4)5)19(24)28-30(6)7)18(25)16-12-23-13(2)22-11-17(23)29-16/h8,11-12,14-15,18-19,25,30H,1,9-10H2,2-7H3/t14-,15-,18?,19?/m0/s1. The van der Waals surface area contributed by atoms with Crippen LogP contribution in [0.5, 0.6) is 0 Å². The Bertz CT molecular complexity index is 904. The molecule has 1 saturated heterocycles. The quantitative estimate of drug-likeness (QED) is 0.528. The van der Waals surface area contributed by atoms with Crippen LogP contribution in [0, 0.1) is 18.3 Å². The molecule has 1 N–H and O–H groups in total. The Morgan fingerprint density at radius 3 is 2.77 bits per heavy atom. The normalized spacial score (nSPS) is 23.3. The number of amides is 1. The molecule has 1 fully saturated rings. The van der Waals surface area contributed by atoms with E-state index in [0.29, 0.717) is 6.42 Å². The van der Waals surface area contributed by atoms with Gasteiger partial charge in [0.25, 0.3) is 0 Å². The van der Waals surface area contributed by atoms with Crippen molar-refractivity contribution in [2.45, 2.75) is 65.6 Å². The number of aryl methyl sites for hydroxylation is 1. The van der Waals surface area contributed by atoms with E-state index in [1.54, 1.807) is 17.2 Å². The molecule has 9 heteroatoms. The van der Waals surface area contributed by atoms with Gasteiger partial charge in [-0.3, -0.25) is 9.30 Å². The van der Waals surface area contributed by atoms with Crippen molar-refractivity contribution in [2.75, 3.05) is 6.61 Å². The van der Waals surface area contributed by atoms with Gasteiger partial charge in [0.15, 0.2) is 9.04 Å². The lowest BCUT2D eigenvalue weighted by Gasteiger charge is -2.36. The van der Waals surface area contributed by atoms with Crippen LogP contribution in [0.4, 0.5) is 4.79 Å². The summed E-state index contributed by atoms with van der Waals surface area (Å²) in [5, 5.41) is 11.4. The van der Waals surface area contributed by atoms with Gasteiger partial charge in [-0.2, -0.15) is 0 Å². The monoisotopic (exact) mass is 451 g/mol. The number of aliphatic hydroxyl groups is 1. The van der Waals surface area contributed by atoms with Gasteiger partial charge in [0.05, 0.1) is 17.1 Å². The zero-order valence-corrected chi connectivity index (χ0v) is 20.6. The van der Waals surface area contributed by atoms with E-state index in [0.717, 1.165) is 15.5 Å². The highest BCUT2D eigenvalue weighted by Crippen LogP contribution is 2.46. The van der Waals surface area contributed by atoms with Crippen LogP contribution < -0.4 is 0 Å². The highest BCUT2D eigenvalue weighted by atomic mass is 32.1. The molecule has 1 aliphatic heterocycles.